The van der Waals surface area contributed by atoms with Crippen molar-refractivity contribution in [3.8, 4) is 0 Å². The van der Waals surface area contributed by atoms with Gasteiger partial charge in [0.05, 0.1) is 0 Å². The third-order valence-electron chi connectivity index (χ3n) is 2.30. The Labute approximate surface area is 97.0 Å². The Balaban J connectivity index is 2.31. The lowest BCUT2D eigenvalue weighted by molar-refractivity contribution is -0.121. The number of rotatable bonds is 5. The largest absolute Gasteiger partial charge is 0.399 e. The Bertz CT molecular complexity index is 348. The van der Waals surface area contributed by atoms with Crippen LogP contribution in [0.15, 0.2) is 24.3 Å². The topological polar surface area (TPSA) is 55.1 Å². The zero-order valence-corrected chi connectivity index (χ0v) is 9.99. The summed E-state index contributed by atoms with van der Waals surface area (Å²) < 4.78 is 0. The second kappa shape index (κ2) is 6.16. The van der Waals surface area contributed by atoms with Crippen molar-refractivity contribution in [2.75, 3.05) is 12.3 Å². The van der Waals surface area contributed by atoms with Crippen LogP contribution in [0.5, 0.6) is 0 Å². The summed E-state index contributed by atoms with van der Waals surface area (Å²) >= 11 is 0. The first-order chi connectivity index (χ1) is 7.58. The summed E-state index contributed by atoms with van der Waals surface area (Å²) in [4.78, 5) is 11.5. The minimum atomic E-state index is 0.108. The molecule has 1 aromatic rings. The van der Waals surface area contributed by atoms with Gasteiger partial charge in [-0.2, -0.15) is 0 Å². The van der Waals surface area contributed by atoms with Crippen LogP contribution in [0, 0.1) is 5.92 Å². The number of hydrogen-bond acceptors (Lipinski definition) is 2. The van der Waals surface area contributed by atoms with Crippen LogP contribution in [0.4, 0.5) is 5.69 Å². The summed E-state index contributed by atoms with van der Waals surface area (Å²) in [5.74, 6) is 0.604. The van der Waals surface area contributed by atoms with Crippen molar-refractivity contribution in [3.63, 3.8) is 0 Å². The molecule has 0 saturated heterocycles. The molecule has 1 aromatic carbocycles. The molecule has 0 heterocycles. The molecule has 1 amide bonds. The van der Waals surface area contributed by atoms with Crippen LogP contribution in [0.1, 0.15) is 25.8 Å². The van der Waals surface area contributed by atoms with E-state index in [-0.39, 0.29) is 5.91 Å². The van der Waals surface area contributed by atoms with E-state index in [4.69, 9.17) is 5.73 Å². The lowest BCUT2D eigenvalue weighted by Crippen LogP contribution is -2.27. The summed E-state index contributed by atoms with van der Waals surface area (Å²) in [6.07, 6.45) is 1.27. The quantitative estimate of drug-likeness (QED) is 0.745. The number of carbonyl (C=O) groups is 1. The molecule has 0 radical (unpaired) electrons. The first-order valence-corrected chi connectivity index (χ1v) is 5.69. The molecule has 0 aliphatic rings. The van der Waals surface area contributed by atoms with Crippen LogP contribution in [0.25, 0.3) is 0 Å². The summed E-state index contributed by atoms with van der Waals surface area (Å²) in [7, 11) is 0. The van der Waals surface area contributed by atoms with E-state index in [1.54, 1.807) is 0 Å². The van der Waals surface area contributed by atoms with Crippen LogP contribution in [0.2, 0.25) is 0 Å². The Morgan fingerprint density at radius 2 is 2.19 bits per heavy atom. The summed E-state index contributed by atoms with van der Waals surface area (Å²) in [6.45, 7) is 4.91. The third-order valence-corrected chi connectivity index (χ3v) is 2.30. The van der Waals surface area contributed by atoms with Gasteiger partial charge in [-0.3, -0.25) is 4.79 Å². The SMILES string of the molecule is CC(C)CNC(=O)CCc1cccc(N)c1. The average molecular weight is 220 g/mol. The van der Waals surface area contributed by atoms with Gasteiger partial charge >= 0.3 is 0 Å². The van der Waals surface area contributed by atoms with E-state index in [0.29, 0.717) is 12.3 Å². The molecule has 88 valence electrons. The van der Waals surface area contributed by atoms with Gasteiger partial charge in [-0.05, 0) is 30.0 Å². The standard InChI is InChI=1S/C13H20N2O/c1-10(2)9-15-13(16)7-6-11-4-3-5-12(14)8-11/h3-5,8,10H,6-7,9,14H2,1-2H3,(H,15,16). The number of benzene rings is 1. The Kier molecular flexibility index (Phi) is 4.83. The number of carbonyl (C=O) groups excluding carboxylic acids is 1. The van der Waals surface area contributed by atoms with Gasteiger partial charge in [0.15, 0.2) is 0 Å². The molecule has 0 fully saturated rings. The van der Waals surface area contributed by atoms with Crippen molar-refractivity contribution >= 4 is 11.6 Å². The highest BCUT2D eigenvalue weighted by atomic mass is 16.1. The Morgan fingerprint density at radius 1 is 1.44 bits per heavy atom. The van der Waals surface area contributed by atoms with Crippen molar-refractivity contribution in [3.05, 3.63) is 29.8 Å². The minimum absolute atomic E-state index is 0.108. The predicted octanol–water partition coefficient (Wildman–Crippen LogP) is 1.97. The highest BCUT2D eigenvalue weighted by molar-refractivity contribution is 5.76. The third kappa shape index (κ3) is 4.82. The summed E-state index contributed by atoms with van der Waals surface area (Å²) in [5.41, 5.74) is 7.52. The van der Waals surface area contributed by atoms with Crippen molar-refractivity contribution in [2.24, 2.45) is 5.92 Å². The Morgan fingerprint density at radius 3 is 2.81 bits per heavy atom. The predicted molar refractivity (Wildman–Crippen MR) is 67.0 cm³/mol. The molecule has 3 heteroatoms. The van der Waals surface area contributed by atoms with Crippen molar-refractivity contribution in [1.82, 2.24) is 5.32 Å². The fourth-order valence-corrected chi connectivity index (χ4v) is 1.41. The van der Waals surface area contributed by atoms with E-state index in [1.165, 1.54) is 0 Å². The van der Waals surface area contributed by atoms with E-state index in [9.17, 15) is 4.79 Å². The van der Waals surface area contributed by atoms with Crippen molar-refractivity contribution in [1.29, 1.82) is 0 Å². The first-order valence-electron chi connectivity index (χ1n) is 5.69. The van der Waals surface area contributed by atoms with Gasteiger partial charge in [-0.1, -0.05) is 26.0 Å². The molecular weight excluding hydrogens is 200 g/mol. The molecule has 0 atom stereocenters. The zero-order chi connectivity index (χ0) is 12.0. The van der Waals surface area contributed by atoms with E-state index >= 15 is 0 Å². The highest BCUT2D eigenvalue weighted by Crippen LogP contribution is 2.08. The number of amides is 1. The minimum Gasteiger partial charge on any atom is -0.399 e. The Hall–Kier alpha value is -1.51. The molecule has 0 spiro atoms. The molecule has 0 aliphatic carbocycles. The molecule has 3 N–H and O–H groups in total. The maximum absolute atomic E-state index is 11.5. The van der Waals surface area contributed by atoms with E-state index in [0.717, 1.165) is 24.2 Å². The fourth-order valence-electron chi connectivity index (χ4n) is 1.41. The monoisotopic (exact) mass is 220 g/mol. The number of aryl methyl sites for hydroxylation is 1. The average Bonchev–Trinajstić information content (AvgIpc) is 2.23. The van der Waals surface area contributed by atoms with Crippen LogP contribution in [-0.4, -0.2) is 12.5 Å². The van der Waals surface area contributed by atoms with Crippen LogP contribution >= 0.6 is 0 Å². The maximum Gasteiger partial charge on any atom is 0.220 e. The van der Waals surface area contributed by atoms with E-state index < -0.39 is 0 Å². The number of anilines is 1. The van der Waals surface area contributed by atoms with Gasteiger partial charge < -0.3 is 11.1 Å². The van der Waals surface area contributed by atoms with Gasteiger partial charge in [0.1, 0.15) is 0 Å². The number of nitrogens with two attached hydrogens (primary N) is 1. The van der Waals surface area contributed by atoms with Crippen molar-refractivity contribution in [2.45, 2.75) is 26.7 Å². The second-order valence-corrected chi connectivity index (χ2v) is 4.44. The fraction of sp³-hybridized carbons (Fsp3) is 0.462. The zero-order valence-electron chi connectivity index (χ0n) is 9.99. The highest BCUT2D eigenvalue weighted by Gasteiger charge is 2.03. The molecule has 16 heavy (non-hydrogen) atoms. The lowest BCUT2D eigenvalue weighted by atomic mass is 10.1. The van der Waals surface area contributed by atoms with Crippen LogP contribution in [-0.2, 0) is 11.2 Å². The molecule has 0 aliphatic heterocycles. The van der Waals surface area contributed by atoms with Gasteiger partial charge in [0.2, 0.25) is 5.91 Å². The smallest absolute Gasteiger partial charge is 0.220 e. The van der Waals surface area contributed by atoms with Gasteiger partial charge in [-0.15, -0.1) is 0 Å². The van der Waals surface area contributed by atoms with Crippen molar-refractivity contribution < 1.29 is 4.79 Å². The van der Waals surface area contributed by atoms with Gasteiger partial charge in [0.25, 0.3) is 0 Å². The molecule has 1 rings (SSSR count). The second-order valence-electron chi connectivity index (χ2n) is 4.44. The summed E-state index contributed by atoms with van der Waals surface area (Å²) in [6, 6.07) is 7.67. The number of nitrogens with one attached hydrogen (secondary N) is 1. The lowest BCUT2D eigenvalue weighted by Gasteiger charge is -2.07. The van der Waals surface area contributed by atoms with E-state index in [2.05, 4.69) is 19.2 Å². The molecule has 0 aromatic heterocycles. The molecule has 3 nitrogen and oxygen atoms in total. The number of hydrogen-bond donors (Lipinski definition) is 2. The van der Waals surface area contributed by atoms with E-state index in [1.807, 2.05) is 24.3 Å². The maximum atomic E-state index is 11.5. The molecule has 0 bridgehead atoms. The first kappa shape index (κ1) is 12.6. The van der Waals surface area contributed by atoms with Crippen LogP contribution in [0.3, 0.4) is 0 Å². The normalized spacial score (nSPS) is 10.4. The summed E-state index contributed by atoms with van der Waals surface area (Å²) in [5, 5.41) is 2.90. The molecule has 0 unspecified atom stereocenters. The van der Waals surface area contributed by atoms with Gasteiger partial charge in [-0.25, -0.2) is 0 Å². The van der Waals surface area contributed by atoms with Crippen LogP contribution < -0.4 is 11.1 Å². The van der Waals surface area contributed by atoms with Gasteiger partial charge in [0, 0.05) is 18.7 Å². The number of nitrogen functional groups attached to an aromatic ring is 1. The molecular formula is C13H20N2O. The molecule has 0 saturated carbocycles.